The van der Waals surface area contributed by atoms with Crippen LogP contribution in [0, 0.1) is 0 Å². The van der Waals surface area contributed by atoms with Crippen molar-refractivity contribution < 1.29 is 9.47 Å². The summed E-state index contributed by atoms with van der Waals surface area (Å²) in [7, 11) is 4.00. The molecule has 1 aliphatic rings. The highest BCUT2D eigenvalue weighted by Gasteiger charge is 2.28. The highest BCUT2D eigenvalue weighted by molar-refractivity contribution is 5.79. The molecule has 1 fully saturated rings. The molecule has 0 saturated heterocycles. The van der Waals surface area contributed by atoms with Gasteiger partial charge in [0.2, 0.25) is 0 Å². The summed E-state index contributed by atoms with van der Waals surface area (Å²) in [6.07, 6.45) is 4.98. The number of nitrogens with one attached hydrogen (secondary N) is 2. The van der Waals surface area contributed by atoms with Crippen LogP contribution in [0.3, 0.4) is 0 Å². The van der Waals surface area contributed by atoms with Gasteiger partial charge in [-0.3, -0.25) is 9.89 Å². The van der Waals surface area contributed by atoms with Gasteiger partial charge < -0.3 is 20.1 Å². The van der Waals surface area contributed by atoms with Crippen LogP contribution in [0.2, 0.25) is 0 Å². The van der Waals surface area contributed by atoms with Gasteiger partial charge in [-0.05, 0) is 33.2 Å². The maximum absolute atomic E-state index is 5.53. The lowest BCUT2D eigenvalue weighted by Crippen LogP contribution is -2.46. The second kappa shape index (κ2) is 12.6. The number of rotatable bonds is 13. The average Bonchev–Trinajstić information content (AvgIpc) is 3.40. The second-order valence-corrected chi connectivity index (χ2v) is 6.20. The van der Waals surface area contributed by atoms with Crippen molar-refractivity contribution in [3.63, 3.8) is 0 Å². The molecule has 0 aromatic heterocycles. The van der Waals surface area contributed by atoms with E-state index in [1.54, 1.807) is 7.05 Å². The number of likely N-dealkylation sites (N-methyl/N-ethyl adjacent to an activating group) is 1. The topological polar surface area (TPSA) is 58.1 Å². The predicted octanol–water partition coefficient (Wildman–Crippen LogP) is 1.47. The third-order valence-corrected chi connectivity index (χ3v) is 4.16. The summed E-state index contributed by atoms with van der Waals surface area (Å²) < 4.78 is 11.0. The van der Waals surface area contributed by atoms with E-state index < -0.39 is 0 Å². The molecule has 0 aromatic carbocycles. The molecule has 1 unspecified atom stereocenters. The minimum Gasteiger partial charge on any atom is -0.379 e. The smallest absolute Gasteiger partial charge is 0.191 e. The fourth-order valence-electron chi connectivity index (χ4n) is 2.26. The predicted molar refractivity (Wildman–Crippen MR) is 96.2 cm³/mol. The quantitative estimate of drug-likeness (QED) is 0.305. The first-order valence-corrected chi connectivity index (χ1v) is 9.01. The monoisotopic (exact) mass is 328 g/mol. The first kappa shape index (κ1) is 20.2. The summed E-state index contributed by atoms with van der Waals surface area (Å²) in [5.74, 6) is 0.837. The summed E-state index contributed by atoms with van der Waals surface area (Å²) >= 11 is 0. The zero-order chi connectivity index (χ0) is 16.9. The van der Waals surface area contributed by atoms with Gasteiger partial charge in [0.25, 0.3) is 0 Å². The Labute approximate surface area is 142 Å². The lowest BCUT2D eigenvalue weighted by atomic mass is 10.3. The number of aliphatic imine (C=N–C) groups is 1. The molecule has 6 heteroatoms. The highest BCUT2D eigenvalue weighted by Crippen LogP contribution is 2.26. The van der Waals surface area contributed by atoms with E-state index in [1.807, 2.05) is 0 Å². The van der Waals surface area contributed by atoms with Crippen molar-refractivity contribution >= 4 is 5.96 Å². The van der Waals surface area contributed by atoms with E-state index in [4.69, 9.17) is 9.47 Å². The van der Waals surface area contributed by atoms with Gasteiger partial charge in [-0.2, -0.15) is 0 Å². The number of ether oxygens (including phenoxy) is 2. The molecular formula is C17H36N4O2. The van der Waals surface area contributed by atoms with Gasteiger partial charge in [0, 0.05) is 38.8 Å². The minimum atomic E-state index is 0.512. The molecule has 0 aliphatic heterocycles. The molecular weight excluding hydrogens is 292 g/mol. The van der Waals surface area contributed by atoms with Crippen molar-refractivity contribution in [2.45, 2.75) is 51.6 Å². The van der Waals surface area contributed by atoms with Crippen LogP contribution in [0.5, 0.6) is 0 Å². The number of hydrogen-bond donors (Lipinski definition) is 2. The van der Waals surface area contributed by atoms with Gasteiger partial charge in [-0.25, -0.2) is 0 Å². The summed E-state index contributed by atoms with van der Waals surface area (Å²) in [5, 5.41) is 6.65. The number of unbranched alkanes of at least 4 members (excludes halogenated alkanes) is 1. The summed E-state index contributed by atoms with van der Waals surface area (Å²) in [6, 6.07) is 1.30. The minimum absolute atomic E-state index is 0.512. The molecule has 1 aliphatic carbocycles. The standard InChI is InChI=1S/C17H36N4O2/c1-5-6-10-22-12-13-23-11-9-19-17(18-3)20-14-15(2)21(4)16-7-8-16/h15-16H,5-14H2,1-4H3,(H2,18,19,20). The van der Waals surface area contributed by atoms with E-state index in [1.165, 1.54) is 19.3 Å². The largest absolute Gasteiger partial charge is 0.379 e. The Morgan fingerprint density at radius 1 is 1.17 bits per heavy atom. The third-order valence-electron chi connectivity index (χ3n) is 4.16. The van der Waals surface area contributed by atoms with E-state index in [0.29, 0.717) is 25.9 Å². The Balaban J connectivity index is 1.97. The molecule has 6 nitrogen and oxygen atoms in total. The van der Waals surface area contributed by atoms with Gasteiger partial charge in [-0.1, -0.05) is 13.3 Å². The van der Waals surface area contributed by atoms with Crippen LogP contribution in [-0.4, -0.2) is 76.6 Å². The zero-order valence-corrected chi connectivity index (χ0v) is 15.4. The van der Waals surface area contributed by atoms with Crippen LogP contribution in [0.25, 0.3) is 0 Å². The van der Waals surface area contributed by atoms with Crippen molar-refractivity contribution in [3.8, 4) is 0 Å². The maximum Gasteiger partial charge on any atom is 0.191 e. The van der Waals surface area contributed by atoms with E-state index in [0.717, 1.165) is 38.1 Å². The van der Waals surface area contributed by atoms with E-state index in [2.05, 4.69) is 41.4 Å². The zero-order valence-electron chi connectivity index (χ0n) is 15.4. The van der Waals surface area contributed by atoms with Gasteiger partial charge in [0.1, 0.15) is 0 Å². The fraction of sp³-hybridized carbons (Fsp3) is 0.941. The Bertz CT molecular complexity index is 322. The van der Waals surface area contributed by atoms with Crippen LogP contribution >= 0.6 is 0 Å². The molecule has 0 spiro atoms. The van der Waals surface area contributed by atoms with Crippen LogP contribution in [-0.2, 0) is 9.47 Å². The molecule has 0 radical (unpaired) electrons. The van der Waals surface area contributed by atoms with E-state index in [9.17, 15) is 0 Å². The van der Waals surface area contributed by atoms with Crippen LogP contribution < -0.4 is 10.6 Å². The van der Waals surface area contributed by atoms with Crippen molar-refractivity contribution in [2.24, 2.45) is 4.99 Å². The van der Waals surface area contributed by atoms with Gasteiger partial charge in [0.15, 0.2) is 5.96 Å². The SMILES string of the molecule is CCCCOCCOCCNC(=NC)NCC(C)N(C)C1CC1. The first-order chi connectivity index (χ1) is 11.2. The molecule has 0 bridgehead atoms. The summed E-state index contributed by atoms with van der Waals surface area (Å²) in [6.45, 7) is 8.90. The molecule has 0 aromatic rings. The second-order valence-electron chi connectivity index (χ2n) is 6.20. The van der Waals surface area contributed by atoms with Gasteiger partial charge in [-0.15, -0.1) is 0 Å². The molecule has 1 saturated carbocycles. The fourth-order valence-corrected chi connectivity index (χ4v) is 2.26. The third kappa shape index (κ3) is 9.79. The Hall–Kier alpha value is -0.850. The lowest BCUT2D eigenvalue weighted by Gasteiger charge is -2.25. The Kier molecular flexibility index (Phi) is 11.0. The average molecular weight is 329 g/mol. The summed E-state index contributed by atoms with van der Waals surface area (Å²) in [4.78, 5) is 6.69. The van der Waals surface area contributed by atoms with Crippen LogP contribution in [0.15, 0.2) is 4.99 Å². The van der Waals surface area contributed by atoms with Crippen molar-refractivity contribution in [2.75, 3.05) is 53.6 Å². The molecule has 1 atom stereocenters. The molecule has 1 rings (SSSR count). The number of hydrogen-bond acceptors (Lipinski definition) is 4. The number of nitrogens with zero attached hydrogens (tertiary/aromatic N) is 2. The molecule has 2 N–H and O–H groups in total. The molecule has 136 valence electrons. The van der Waals surface area contributed by atoms with E-state index >= 15 is 0 Å². The normalized spacial score (nSPS) is 16.7. The molecule has 23 heavy (non-hydrogen) atoms. The van der Waals surface area contributed by atoms with Crippen molar-refractivity contribution in [1.82, 2.24) is 15.5 Å². The van der Waals surface area contributed by atoms with Crippen molar-refractivity contribution in [3.05, 3.63) is 0 Å². The van der Waals surface area contributed by atoms with Crippen LogP contribution in [0.4, 0.5) is 0 Å². The van der Waals surface area contributed by atoms with Gasteiger partial charge >= 0.3 is 0 Å². The van der Waals surface area contributed by atoms with Crippen molar-refractivity contribution in [1.29, 1.82) is 0 Å². The van der Waals surface area contributed by atoms with E-state index in [-0.39, 0.29) is 0 Å². The Morgan fingerprint density at radius 3 is 2.48 bits per heavy atom. The molecule has 0 amide bonds. The first-order valence-electron chi connectivity index (χ1n) is 9.01. The lowest BCUT2D eigenvalue weighted by molar-refractivity contribution is 0.0487. The summed E-state index contributed by atoms with van der Waals surface area (Å²) in [5.41, 5.74) is 0. The Morgan fingerprint density at radius 2 is 1.87 bits per heavy atom. The van der Waals surface area contributed by atoms with Crippen LogP contribution in [0.1, 0.15) is 39.5 Å². The van der Waals surface area contributed by atoms with Gasteiger partial charge in [0.05, 0.1) is 19.8 Å². The number of guanidine groups is 1. The molecule has 0 heterocycles. The highest BCUT2D eigenvalue weighted by atomic mass is 16.5. The maximum atomic E-state index is 5.53.